The third-order valence-electron chi connectivity index (χ3n) is 1.77. The molecule has 0 aliphatic carbocycles. The maximum Gasteiger partial charge on any atom is 0.160 e. The van der Waals surface area contributed by atoms with E-state index in [1.165, 1.54) is 0 Å². The zero-order valence-electron chi connectivity index (χ0n) is 7.94. The van der Waals surface area contributed by atoms with Crippen molar-refractivity contribution >= 4 is 26.2 Å². The molecular weight excluding hydrogens is 252 g/mol. The average molecular weight is 262 g/mol. The van der Waals surface area contributed by atoms with Crippen molar-refractivity contribution in [1.29, 1.82) is 0 Å². The molecule has 14 heavy (non-hydrogen) atoms. The van der Waals surface area contributed by atoms with Crippen LogP contribution in [0.1, 0.15) is 18.9 Å². The van der Waals surface area contributed by atoms with Crippen molar-refractivity contribution in [3.63, 3.8) is 0 Å². The van der Waals surface area contributed by atoms with Gasteiger partial charge in [-0.15, -0.1) is 0 Å². The summed E-state index contributed by atoms with van der Waals surface area (Å²) in [6, 6.07) is 2.24. The minimum atomic E-state index is -0.870. The normalized spacial score (nSPS) is 11.9. The maximum absolute atomic E-state index is 12.9. The summed E-state index contributed by atoms with van der Waals surface area (Å²) in [6.45, 7) is 3.61. The van der Waals surface area contributed by atoms with Crippen molar-refractivity contribution in [2.45, 2.75) is 20.3 Å². The Bertz CT molecular complexity index is 375. The molecule has 0 radical (unpaired) electrons. The molecule has 0 heterocycles. The summed E-state index contributed by atoms with van der Waals surface area (Å²) < 4.78 is 26.3. The molecule has 76 valence electrons. The van der Waals surface area contributed by atoms with Crippen molar-refractivity contribution in [1.82, 2.24) is 0 Å². The SMILES string of the molecule is CCC(Br)=Nc1cc(F)c(F)cc1C. The number of rotatable bonds is 2. The van der Waals surface area contributed by atoms with Crippen molar-refractivity contribution in [3.05, 3.63) is 29.3 Å². The van der Waals surface area contributed by atoms with E-state index in [1.807, 2.05) is 6.92 Å². The van der Waals surface area contributed by atoms with Crippen molar-refractivity contribution in [2.24, 2.45) is 4.99 Å². The summed E-state index contributed by atoms with van der Waals surface area (Å²) in [6.07, 6.45) is 0.721. The van der Waals surface area contributed by atoms with Crippen LogP contribution in [0.3, 0.4) is 0 Å². The van der Waals surface area contributed by atoms with Gasteiger partial charge in [0.15, 0.2) is 11.6 Å². The third-order valence-corrected chi connectivity index (χ3v) is 2.51. The summed E-state index contributed by atoms with van der Waals surface area (Å²) in [4.78, 5) is 4.11. The molecule has 1 nitrogen and oxygen atoms in total. The van der Waals surface area contributed by atoms with Crippen LogP contribution in [0.2, 0.25) is 0 Å². The lowest BCUT2D eigenvalue weighted by molar-refractivity contribution is 0.508. The zero-order valence-corrected chi connectivity index (χ0v) is 9.53. The van der Waals surface area contributed by atoms with Gasteiger partial charge in [0.2, 0.25) is 0 Å². The van der Waals surface area contributed by atoms with Crippen LogP contribution in [0.4, 0.5) is 14.5 Å². The average Bonchev–Trinajstić information content (AvgIpc) is 2.14. The fourth-order valence-electron chi connectivity index (χ4n) is 0.966. The van der Waals surface area contributed by atoms with Gasteiger partial charge in [0, 0.05) is 6.07 Å². The van der Waals surface area contributed by atoms with Gasteiger partial charge in [0.25, 0.3) is 0 Å². The molecule has 0 unspecified atom stereocenters. The first kappa shape index (κ1) is 11.3. The van der Waals surface area contributed by atoms with E-state index in [0.29, 0.717) is 15.9 Å². The van der Waals surface area contributed by atoms with Gasteiger partial charge >= 0.3 is 0 Å². The van der Waals surface area contributed by atoms with Gasteiger partial charge in [0.1, 0.15) is 0 Å². The van der Waals surface area contributed by atoms with E-state index < -0.39 is 11.6 Å². The molecule has 4 heteroatoms. The first-order chi connectivity index (χ1) is 6.54. The van der Waals surface area contributed by atoms with E-state index in [2.05, 4.69) is 20.9 Å². The van der Waals surface area contributed by atoms with Crippen LogP contribution in [0, 0.1) is 18.6 Å². The van der Waals surface area contributed by atoms with Gasteiger partial charge in [-0.05, 0) is 40.9 Å². The van der Waals surface area contributed by atoms with E-state index in [0.717, 1.165) is 18.6 Å². The summed E-state index contributed by atoms with van der Waals surface area (Å²) in [5, 5.41) is 0. The van der Waals surface area contributed by atoms with Crippen LogP contribution in [-0.2, 0) is 0 Å². The van der Waals surface area contributed by atoms with Crippen LogP contribution < -0.4 is 0 Å². The zero-order chi connectivity index (χ0) is 10.7. The van der Waals surface area contributed by atoms with Gasteiger partial charge in [0.05, 0.1) is 10.3 Å². The summed E-state index contributed by atoms with van der Waals surface area (Å²) in [5.41, 5.74) is 1.08. The predicted molar refractivity (Wildman–Crippen MR) is 57.4 cm³/mol. The Hall–Kier alpha value is -0.770. The Labute approximate surface area is 90.0 Å². The highest BCUT2D eigenvalue weighted by atomic mass is 79.9. The largest absolute Gasteiger partial charge is 0.246 e. The van der Waals surface area contributed by atoms with Gasteiger partial charge in [-0.2, -0.15) is 0 Å². The molecule has 0 amide bonds. The Morgan fingerprint density at radius 2 is 1.93 bits per heavy atom. The molecule has 0 saturated heterocycles. The van der Waals surface area contributed by atoms with Gasteiger partial charge < -0.3 is 0 Å². The van der Waals surface area contributed by atoms with Gasteiger partial charge in [-0.3, -0.25) is 0 Å². The Morgan fingerprint density at radius 1 is 1.36 bits per heavy atom. The minimum Gasteiger partial charge on any atom is -0.246 e. The van der Waals surface area contributed by atoms with Crippen molar-refractivity contribution in [2.75, 3.05) is 0 Å². The number of hydrogen-bond acceptors (Lipinski definition) is 1. The van der Waals surface area contributed by atoms with Gasteiger partial charge in [-0.1, -0.05) is 6.92 Å². The lowest BCUT2D eigenvalue weighted by Crippen LogP contribution is -1.88. The molecule has 1 aromatic carbocycles. The maximum atomic E-state index is 12.9. The van der Waals surface area contributed by atoms with Crippen LogP contribution >= 0.6 is 15.9 Å². The first-order valence-electron chi connectivity index (χ1n) is 4.23. The number of aliphatic imine (C=N–C) groups is 1. The number of halogens is 3. The lowest BCUT2D eigenvalue weighted by Gasteiger charge is -2.02. The summed E-state index contributed by atoms with van der Waals surface area (Å²) >= 11 is 3.22. The molecule has 0 spiro atoms. The number of aryl methyl sites for hydroxylation is 1. The quantitative estimate of drug-likeness (QED) is 0.711. The second kappa shape index (κ2) is 4.64. The molecular formula is C10H10BrF2N. The minimum absolute atomic E-state index is 0.456. The van der Waals surface area contributed by atoms with Crippen LogP contribution in [-0.4, -0.2) is 4.62 Å². The van der Waals surface area contributed by atoms with E-state index in [1.54, 1.807) is 6.92 Å². The Balaban J connectivity index is 3.16. The highest BCUT2D eigenvalue weighted by Crippen LogP contribution is 2.23. The standard InChI is InChI=1S/C10H10BrF2N/c1-3-10(11)14-9-5-8(13)7(12)4-6(9)2/h4-5H,3H2,1-2H3. The van der Waals surface area contributed by atoms with Gasteiger partial charge in [-0.25, -0.2) is 13.8 Å². The molecule has 0 fully saturated rings. The summed E-state index contributed by atoms with van der Waals surface area (Å²) in [7, 11) is 0. The second-order valence-electron chi connectivity index (χ2n) is 2.89. The molecule has 0 aromatic heterocycles. The van der Waals surface area contributed by atoms with Crippen molar-refractivity contribution < 1.29 is 8.78 Å². The second-order valence-corrected chi connectivity index (χ2v) is 3.81. The highest BCUT2D eigenvalue weighted by Gasteiger charge is 2.06. The molecule has 0 atom stereocenters. The molecule has 0 aliphatic heterocycles. The van der Waals surface area contributed by atoms with Crippen molar-refractivity contribution in [3.8, 4) is 0 Å². The van der Waals surface area contributed by atoms with E-state index in [-0.39, 0.29) is 0 Å². The predicted octanol–water partition coefficient (Wildman–Crippen LogP) is 4.11. The third kappa shape index (κ3) is 2.61. The fraction of sp³-hybridized carbons (Fsp3) is 0.300. The fourth-order valence-corrected chi connectivity index (χ4v) is 1.16. The van der Waals surface area contributed by atoms with Crippen LogP contribution in [0.5, 0.6) is 0 Å². The smallest absolute Gasteiger partial charge is 0.160 e. The molecule has 1 aromatic rings. The topological polar surface area (TPSA) is 12.4 Å². The molecule has 0 saturated carbocycles. The molecule has 0 aliphatic rings. The first-order valence-corrected chi connectivity index (χ1v) is 5.02. The summed E-state index contributed by atoms with van der Waals surface area (Å²) in [5.74, 6) is -1.71. The van der Waals surface area contributed by atoms with Crippen LogP contribution in [0.15, 0.2) is 17.1 Å². The number of benzene rings is 1. The molecule has 1 rings (SSSR count). The number of nitrogens with zero attached hydrogens (tertiary/aromatic N) is 1. The Morgan fingerprint density at radius 3 is 2.50 bits per heavy atom. The highest BCUT2D eigenvalue weighted by molar-refractivity contribution is 9.18. The number of hydrogen-bond donors (Lipinski definition) is 0. The molecule has 0 bridgehead atoms. The molecule has 0 N–H and O–H groups in total. The van der Waals surface area contributed by atoms with E-state index >= 15 is 0 Å². The van der Waals surface area contributed by atoms with Crippen LogP contribution in [0.25, 0.3) is 0 Å². The lowest BCUT2D eigenvalue weighted by atomic mass is 10.2. The Kier molecular flexibility index (Phi) is 3.75. The monoisotopic (exact) mass is 261 g/mol. The van der Waals surface area contributed by atoms with E-state index in [4.69, 9.17) is 0 Å². The van der Waals surface area contributed by atoms with E-state index in [9.17, 15) is 8.78 Å².